The van der Waals surface area contributed by atoms with Crippen molar-refractivity contribution < 1.29 is 19.2 Å². The summed E-state index contributed by atoms with van der Waals surface area (Å²) in [6.07, 6.45) is 5.52. The fraction of sp³-hybridized carbons (Fsp3) is 0.423. The topological polar surface area (TPSA) is 121 Å². The molecular formula is C26H30BrN5O5. The third-order valence-electron chi connectivity index (χ3n) is 6.17. The lowest BCUT2D eigenvalue weighted by Crippen LogP contribution is -2.14. The molecule has 0 unspecified atom stereocenters. The molecule has 0 aliphatic heterocycles. The fourth-order valence-electron chi connectivity index (χ4n) is 4.09. The summed E-state index contributed by atoms with van der Waals surface area (Å²) in [5, 5.41) is 19.1. The third kappa shape index (κ3) is 6.65. The Bertz CT molecular complexity index is 1290. The summed E-state index contributed by atoms with van der Waals surface area (Å²) in [5.74, 6) is 0.516. The standard InChI is InChI=1S/C26H30BrN5O5/c1-16(14-28-23-13-19(27)6-9-24(23)32(34)35)5-4-10-37-25-21(15-29-31(25)20-7-8-20)22-12-18(26(33)36-3)11-17(2)30-22/h6,9,11-13,15-16,20,28H,4-5,7-8,10,14H2,1-3H3/t16-/m1/s1. The number of esters is 1. The second kappa shape index (κ2) is 11.7. The van der Waals surface area contributed by atoms with Gasteiger partial charge in [-0.1, -0.05) is 22.9 Å². The molecule has 1 aliphatic carbocycles. The monoisotopic (exact) mass is 571 g/mol. The van der Waals surface area contributed by atoms with Crippen molar-refractivity contribution in [1.29, 1.82) is 0 Å². The minimum atomic E-state index is -0.417. The van der Waals surface area contributed by atoms with E-state index in [1.807, 2.05) is 11.6 Å². The van der Waals surface area contributed by atoms with Gasteiger partial charge in [0.25, 0.3) is 5.69 Å². The van der Waals surface area contributed by atoms with E-state index in [1.165, 1.54) is 13.2 Å². The van der Waals surface area contributed by atoms with Crippen molar-refractivity contribution in [2.45, 2.75) is 45.6 Å². The van der Waals surface area contributed by atoms with E-state index < -0.39 is 5.97 Å². The van der Waals surface area contributed by atoms with Crippen LogP contribution in [0.2, 0.25) is 0 Å². The first kappa shape index (κ1) is 26.6. The van der Waals surface area contributed by atoms with Crippen LogP contribution in [0.3, 0.4) is 0 Å². The van der Waals surface area contributed by atoms with E-state index in [1.54, 1.807) is 30.5 Å². The summed E-state index contributed by atoms with van der Waals surface area (Å²) < 4.78 is 13.8. The highest BCUT2D eigenvalue weighted by molar-refractivity contribution is 9.10. The van der Waals surface area contributed by atoms with Gasteiger partial charge in [-0.2, -0.15) is 5.10 Å². The van der Waals surface area contributed by atoms with Crippen LogP contribution in [-0.2, 0) is 4.74 Å². The van der Waals surface area contributed by atoms with E-state index in [9.17, 15) is 14.9 Å². The molecule has 1 aliphatic rings. The van der Waals surface area contributed by atoms with Gasteiger partial charge in [-0.05, 0) is 62.8 Å². The number of nitro groups is 1. The number of carbonyl (C=O) groups is 1. The van der Waals surface area contributed by atoms with Crippen LogP contribution in [0.25, 0.3) is 11.3 Å². The van der Waals surface area contributed by atoms with Crippen molar-refractivity contribution in [2.75, 3.05) is 25.6 Å². The van der Waals surface area contributed by atoms with E-state index in [-0.39, 0.29) is 16.5 Å². The Labute approximate surface area is 223 Å². The predicted molar refractivity (Wildman–Crippen MR) is 143 cm³/mol. The first-order chi connectivity index (χ1) is 17.8. The summed E-state index contributed by atoms with van der Waals surface area (Å²) in [4.78, 5) is 27.6. The molecule has 1 N–H and O–H groups in total. The summed E-state index contributed by atoms with van der Waals surface area (Å²) >= 11 is 3.37. The zero-order chi connectivity index (χ0) is 26.5. The Hall–Kier alpha value is -3.47. The fourth-order valence-corrected chi connectivity index (χ4v) is 4.45. The number of nitro benzene ring substituents is 1. The molecule has 2 aromatic heterocycles. The minimum absolute atomic E-state index is 0.0553. The number of hydrogen-bond donors (Lipinski definition) is 1. The van der Waals surface area contributed by atoms with Gasteiger partial charge in [0.15, 0.2) is 0 Å². The molecule has 2 heterocycles. The van der Waals surface area contributed by atoms with Gasteiger partial charge < -0.3 is 14.8 Å². The lowest BCUT2D eigenvalue weighted by Gasteiger charge is -2.15. The van der Waals surface area contributed by atoms with Crippen molar-refractivity contribution in [3.63, 3.8) is 0 Å². The number of nitrogens with zero attached hydrogens (tertiary/aromatic N) is 4. The Balaban J connectivity index is 1.38. The molecule has 3 aromatic rings. The van der Waals surface area contributed by atoms with Crippen LogP contribution in [0.5, 0.6) is 5.88 Å². The Morgan fingerprint density at radius 1 is 1.32 bits per heavy atom. The molecule has 11 heteroatoms. The van der Waals surface area contributed by atoms with Gasteiger partial charge in [-0.15, -0.1) is 0 Å². The molecule has 1 fully saturated rings. The molecule has 0 amide bonds. The maximum atomic E-state index is 12.1. The average molecular weight is 572 g/mol. The first-order valence-electron chi connectivity index (χ1n) is 12.2. The highest BCUT2D eigenvalue weighted by atomic mass is 79.9. The number of pyridine rings is 1. The lowest BCUT2D eigenvalue weighted by atomic mass is 10.1. The number of aromatic nitrogens is 3. The van der Waals surface area contributed by atoms with Crippen LogP contribution < -0.4 is 10.1 Å². The second-order valence-corrected chi connectivity index (χ2v) is 10.2. The number of methoxy groups -OCH3 is 1. The van der Waals surface area contributed by atoms with Crippen molar-refractivity contribution >= 4 is 33.3 Å². The van der Waals surface area contributed by atoms with Crippen molar-refractivity contribution in [1.82, 2.24) is 14.8 Å². The zero-order valence-corrected chi connectivity index (χ0v) is 22.7. The maximum Gasteiger partial charge on any atom is 0.337 e. The summed E-state index contributed by atoms with van der Waals surface area (Å²) in [5.41, 5.74) is 3.06. The third-order valence-corrected chi connectivity index (χ3v) is 6.66. The molecule has 0 radical (unpaired) electrons. The summed E-state index contributed by atoms with van der Waals surface area (Å²) in [7, 11) is 1.36. The van der Waals surface area contributed by atoms with Crippen LogP contribution in [-0.4, -0.2) is 45.9 Å². The van der Waals surface area contributed by atoms with E-state index in [4.69, 9.17) is 9.47 Å². The van der Waals surface area contributed by atoms with E-state index >= 15 is 0 Å². The number of carbonyl (C=O) groups excluding carboxylic acids is 1. The van der Waals surface area contributed by atoms with Crippen molar-refractivity contribution in [2.24, 2.45) is 5.92 Å². The first-order valence-corrected chi connectivity index (χ1v) is 13.0. The number of rotatable bonds is 12. The van der Waals surface area contributed by atoms with Crippen molar-refractivity contribution in [3.05, 3.63) is 62.4 Å². The van der Waals surface area contributed by atoms with E-state index in [0.29, 0.717) is 47.7 Å². The minimum Gasteiger partial charge on any atom is -0.477 e. The number of nitrogens with one attached hydrogen (secondary N) is 1. The average Bonchev–Trinajstić information content (AvgIpc) is 3.63. The molecule has 0 bridgehead atoms. The number of benzene rings is 1. The summed E-state index contributed by atoms with van der Waals surface area (Å²) in [6.45, 7) is 5.02. The smallest absolute Gasteiger partial charge is 0.337 e. The highest BCUT2D eigenvalue weighted by Gasteiger charge is 2.30. The number of anilines is 1. The largest absolute Gasteiger partial charge is 0.477 e. The molecular weight excluding hydrogens is 542 g/mol. The van der Waals surface area contributed by atoms with Crippen LogP contribution >= 0.6 is 15.9 Å². The number of halogens is 1. The SMILES string of the molecule is COC(=O)c1cc(C)nc(-c2cnn(C3CC3)c2OCCC[C@@H](C)CNc2cc(Br)ccc2[N+](=O)[O-])c1. The van der Waals surface area contributed by atoms with Gasteiger partial charge in [0.1, 0.15) is 5.69 Å². The molecule has 4 rings (SSSR count). The molecule has 1 saturated carbocycles. The van der Waals surface area contributed by atoms with Crippen LogP contribution in [0.15, 0.2) is 41.0 Å². The molecule has 37 heavy (non-hydrogen) atoms. The zero-order valence-electron chi connectivity index (χ0n) is 21.1. The van der Waals surface area contributed by atoms with Gasteiger partial charge >= 0.3 is 5.97 Å². The Morgan fingerprint density at radius 3 is 2.81 bits per heavy atom. The van der Waals surface area contributed by atoms with Crippen LogP contribution in [0, 0.1) is 23.0 Å². The molecule has 1 aromatic carbocycles. The van der Waals surface area contributed by atoms with Gasteiger partial charge in [0.2, 0.25) is 5.88 Å². The predicted octanol–water partition coefficient (Wildman–Crippen LogP) is 5.95. The highest BCUT2D eigenvalue weighted by Crippen LogP contribution is 2.41. The van der Waals surface area contributed by atoms with Crippen molar-refractivity contribution in [3.8, 4) is 17.1 Å². The molecule has 1 atom stereocenters. The quantitative estimate of drug-likeness (QED) is 0.122. The number of ether oxygens (including phenoxy) is 2. The maximum absolute atomic E-state index is 12.1. The molecule has 0 saturated heterocycles. The lowest BCUT2D eigenvalue weighted by molar-refractivity contribution is -0.384. The Kier molecular flexibility index (Phi) is 8.42. The number of aryl methyl sites for hydroxylation is 1. The number of hydrogen-bond acceptors (Lipinski definition) is 8. The van der Waals surface area contributed by atoms with Gasteiger partial charge in [0, 0.05) is 22.8 Å². The molecule has 0 spiro atoms. The van der Waals surface area contributed by atoms with Gasteiger partial charge in [0.05, 0.1) is 47.7 Å². The van der Waals surface area contributed by atoms with Crippen LogP contribution in [0.4, 0.5) is 11.4 Å². The Morgan fingerprint density at radius 2 is 2.11 bits per heavy atom. The second-order valence-electron chi connectivity index (χ2n) is 9.31. The van der Waals surface area contributed by atoms with Gasteiger partial charge in [-0.3, -0.25) is 15.1 Å². The molecule has 10 nitrogen and oxygen atoms in total. The van der Waals surface area contributed by atoms with E-state index in [0.717, 1.165) is 35.7 Å². The van der Waals surface area contributed by atoms with Crippen LogP contribution in [0.1, 0.15) is 54.7 Å². The van der Waals surface area contributed by atoms with E-state index in [2.05, 4.69) is 38.3 Å². The molecule has 196 valence electrons. The normalized spacial score (nSPS) is 13.7. The summed E-state index contributed by atoms with van der Waals surface area (Å²) in [6, 6.07) is 8.58. The van der Waals surface area contributed by atoms with Gasteiger partial charge in [-0.25, -0.2) is 9.48 Å².